The molecule has 0 aliphatic carbocycles. The van der Waals surface area contributed by atoms with Gasteiger partial charge in [0.1, 0.15) is 11.6 Å². The van der Waals surface area contributed by atoms with Crippen LogP contribution in [0.1, 0.15) is 59.9 Å². The average molecular weight is 341 g/mol. The summed E-state index contributed by atoms with van der Waals surface area (Å²) in [6.07, 6.45) is 0.369. The Balaban J connectivity index is 2.82. The van der Waals surface area contributed by atoms with E-state index < -0.39 is 11.7 Å². The molecule has 1 rings (SSSR count). The summed E-state index contributed by atoms with van der Waals surface area (Å²) in [6.45, 7) is 15.3. The van der Waals surface area contributed by atoms with Crippen molar-refractivity contribution in [3.63, 3.8) is 0 Å². The van der Waals surface area contributed by atoms with Crippen LogP contribution >= 0.6 is 11.8 Å². The summed E-state index contributed by atoms with van der Waals surface area (Å²) >= 11 is 1.43. The van der Waals surface area contributed by atoms with Crippen molar-refractivity contribution in [1.29, 1.82) is 0 Å². The maximum Gasteiger partial charge on any atom is 0.408 e. The maximum atomic E-state index is 12.0. The van der Waals surface area contributed by atoms with Gasteiger partial charge in [-0.25, -0.2) is 4.79 Å². The number of carbonyl (C=O) groups excluding carboxylic acids is 1. The molecule has 2 atom stereocenters. The Labute approximate surface area is 142 Å². The van der Waals surface area contributed by atoms with Crippen LogP contribution in [0.15, 0.2) is 21.8 Å². The molecule has 1 aromatic rings. The van der Waals surface area contributed by atoms with Crippen molar-refractivity contribution in [3.8, 4) is 0 Å². The van der Waals surface area contributed by atoms with Crippen LogP contribution in [-0.2, 0) is 4.74 Å². The molecule has 130 valence electrons. The van der Waals surface area contributed by atoms with Crippen molar-refractivity contribution in [3.05, 3.63) is 18.0 Å². The number of hydrogen-bond acceptors (Lipinski definition) is 6. The summed E-state index contributed by atoms with van der Waals surface area (Å²) in [5, 5.41) is 11.4. The molecule has 1 unspecified atom stereocenters. The third-order valence-corrected chi connectivity index (χ3v) is 4.06. The van der Waals surface area contributed by atoms with Crippen molar-refractivity contribution < 1.29 is 13.9 Å². The molecule has 1 heterocycles. The van der Waals surface area contributed by atoms with Crippen LogP contribution in [0.2, 0.25) is 0 Å². The highest BCUT2D eigenvalue weighted by molar-refractivity contribution is 7.99. The Morgan fingerprint density at radius 3 is 2.61 bits per heavy atom. The van der Waals surface area contributed by atoms with E-state index in [2.05, 4.69) is 22.1 Å². The normalized spacial score (nSPS) is 14.2. The Morgan fingerprint density at radius 1 is 1.43 bits per heavy atom. The number of rotatable bonds is 7. The highest BCUT2D eigenvalue weighted by Crippen LogP contribution is 2.27. The van der Waals surface area contributed by atoms with Gasteiger partial charge in [-0.05, 0) is 33.6 Å². The van der Waals surface area contributed by atoms with Crippen LogP contribution in [0.3, 0.4) is 0 Å². The van der Waals surface area contributed by atoms with Gasteiger partial charge < -0.3 is 14.5 Å². The predicted molar refractivity (Wildman–Crippen MR) is 91.4 cm³/mol. The highest BCUT2D eigenvalue weighted by Gasteiger charge is 2.28. The zero-order valence-electron chi connectivity index (χ0n) is 14.8. The lowest BCUT2D eigenvalue weighted by Gasteiger charge is -2.24. The molecule has 0 saturated heterocycles. The fourth-order valence-corrected chi connectivity index (χ4v) is 2.32. The van der Waals surface area contributed by atoms with Gasteiger partial charge in [0.05, 0.1) is 0 Å². The van der Waals surface area contributed by atoms with Gasteiger partial charge in [0, 0.05) is 5.75 Å². The summed E-state index contributed by atoms with van der Waals surface area (Å²) < 4.78 is 11.0. The van der Waals surface area contributed by atoms with Crippen molar-refractivity contribution in [2.45, 2.75) is 64.8 Å². The monoisotopic (exact) mass is 341 g/mol. The molecule has 23 heavy (non-hydrogen) atoms. The van der Waals surface area contributed by atoms with Crippen molar-refractivity contribution >= 4 is 17.9 Å². The van der Waals surface area contributed by atoms with Gasteiger partial charge in [0.25, 0.3) is 5.22 Å². The molecule has 0 saturated carbocycles. The van der Waals surface area contributed by atoms with Crippen LogP contribution in [0.5, 0.6) is 0 Å². The number of alkyl carbamates (subject to hydrolysis) is 1. The van der Waals surface area contributed by atoms with E-state index in [1.165, 1.54) is 11.8 Å². The van der Waals surface area contributed by atoms with Crippen LogP contribution in [0, 0.1) is 5.92 Å². The summed E-state index contributed by atoms with van der Waals surface area (Å²) in [5.74, 6) is 1.26. The van der Waals surface area contributed by atoms with Gasteiger partial charge in [-0.3, -0.25) is 0 Å². The minimum Gasteiger partial charge on any atom is -0.444 e. The van der Waals surface area contributed by atoms with E-state index >= 15 is 0 Å². The van der Waals surface area contributed by atoms with Crippen LogP contribution in [-0.4, -0.2) is 27.6 Å². The lowest BCUT2D eigenvalue weighted by atomic mass is 9.99. The van der Waals surface area contributed by atoms with E-state index in [0.29, 0.717) is 11.1 Å². The first-order chi connectivity index (χ1) is 10.6. The second-order valence-corrected chi connectivity index (χ2v) is 7.59. The molecular formula is C16H27N3O3S. The van der Waals surface area contributed by atoms with E-state index in [0.717, 1.165) is 17.7 Å². The minimum absolute atomic E-state index is 0.141. The molecule has 0 bridgehead atoms. The van der Waals surface area contributed by atoms with Gasteiger partial charge in [-0.1, -0.05) is 44.2 Å². The molecule has 1 N–H and O–H groups in total. The first-order valence-electron chi connectivity index (χ1n) is 7.72. The summed E-state index contributed by atoms with van der Waals surface area (Å²) in [6, 6.07) is -0.374. The molecular weight excluding hydrogens is 314 g/mol. The Kier molecular flexibility index (Phi) is 7.12. The molecule has 0 radical (unpaired) electrons. The number of amides is 1. The van der Waals surface area contributed by atoms with E-state index in [4.69, 9.17) is 9.15 Å². The predicted octanol–water partition coefficient (Wildman–Crippen LogP) is 4.35. The molecule has 6 nitrogen and oxygen atoms in total. The van der Waals surface area contributed by atoms with Gasteiger partial charge in [0.15, 0.2) is 0 Å². The molecule has 7 heteroatoms. The third kappa shape index (κ3) is 7.07. The van der Waals surface area contributed by atoms with E-state index in [9.17, 15) is 4.79 Å². The zero-order chi connectivity index (χ0) is 17.6. The fourth-order valence-electron chi connectivity index (χ4n) is 1.71. The fraction of sp³-hybridized carbons (Fsp3) is 0.688. The lowest BCUT2D eigenvalue weighted by Crippen LogP contribution is -2.37. The van der Waals surface area contributed by atoms with Gasteiger partial charge in [0.2, 0.25) is 5.89 Å². The molecule has 0 fully saturated rings. The van der Waals surface area contributed by atoms with Gasteiger partial charge in [-0.15, -0.1) is 10.2 Å². The number of nitrogens with one attached hydrogen (secondary N) is 1. The highest BCUT2D eigenvalue weighted by atomic mass is 32.2. The van der Waals surface area contributed by atoms with Crippen LogP contribution < -0.4 is 5.32 Å². The number of nitrogens with zero attached hydrogens (tertiary/aromatic N) is 2. The second kappa shape index (κ2) is 8.38. The molecule has 0 aliphatic rings. The lowest BCUT2D eigenvalue weighted by molar-refractivity contribution is 0.0474. The number of carbonyl (C=O) groups is 1. The van der Waals surface area contributed by atoms with Crippen molar-refractivity contribution in [1.82, 2.24) is 15.5 Å². The quantitative estimate of drug-likeness (QED) is 0.587. The molecule has 0 spiro atoms. The standard InChI is InChI=1S/C16H27N3O3S/c1-8-11(4)12(17-14(20)22-16(5,6)7)13-18-19-15(21-13)23-9-10(2)3/h11-12H,2,8-9H2,1,3-7H3,(H,17,20)/t11?,12-/m0/s1. The molecule has 1 aromatic heterocycles. The first-order valence-corrected chi connectivity index (χ1v) is 8.71. The number of aromatic nitrogens is 2. The van der Waals surface area contributed by atoms with Crippen molar-refractivity contribution in [2.24, 2.45) is 5.92 Å². The van der Waals surface area contributed by atoms with Gasteiger partial charge >= 0.3 is 6.09 Å². The van der Waals surface area contributed by atoms with Crippen LogP contribution in [0.25, 0.3) is 0 Å². The first kappa shape index (κ1) is 19.5. The van der Waals surface area contributed by atoms with E-state index in [1.807, 2.05) is 41.5 Å². The largest absolute Gasteiger partial charge is 0.444 e. The molecule has 1 amide bonds. The number of hydrogen-bond donors (Lipinski definition) is 1. The Hall–Kier alpha value is -1.50. The maximum absolute atomic E-state index is 12.0. The smallest absolute Gasteiger partial charge is 0.408 e. The van der Waals surface area contributed by atoms with Crippen LogP contribution in [0.4, 0.5) is 4.79 Å². The SMILES string of the molecule is C=C(C)CSc1nnc([C@@H](NC(=O)OC(C)(C)C)C(C)CC)o1. The number of ether oxygens (including phenoxy) is 1. The van der Waals surface area contributed by atoms with Crippen molar-refractivity contribution in [2.75, 3.05) is 5.75 Å². The van der Waals surface area contributed by atoms with E-state index in [1.54, 1.807) is 0 Å². The van der Waals surface area contributed by atoms with E-state index in [-0.39, 0.29) is 12.0 Å². The summed E-state index contributed by atoms with van der Waals surface area (Å²) in [5.41, 5.74) is 0.474. The summed E-state index contributed by atoms with van der Waals surface area (Å²) in [7, 11) is 0. The summed E-state index contributed by atoms with van der Waals surface area (Å²) in [4.78, 5) is 12.0. The topological polar surface area (TPSA) is 77.2 Å². The molecule has 0 aliphatic heterocycles. The Morgan fingerprint density at radius 2 is 2.09 bits per heavy atom. The minimum atomic E-state index is -0.554. The van der Waals surface area contributed by atoms with Gasteiger partial charge in [-0.2, -0.15) is 0 Å². The second-order valence-electron chi connectivity index (χ2n) is 6.66. The Bertz CT molecular complexity index is 537. The third-order valence-electron chi connectivity index (χ3n) is 3.02. The zero-order valence-corrected chi connectivity index (χ0v) is 15.6. The molecule has 0 aromatic carbocycles. The number of thioether (sulfide) groups is 1. The average Bonchev–Trinajstić information content (AvgIpc) is 2.88.